The van der Waals surface area contributed by atoms with E-state index in [0.29, 0.717) is 30.6 Å². The summed E-state index contributed by atoms with van der Waals surface area (Å²) in [5.74, 6) is 2.68. The van der Waals surface area contributed by atoms with Crippen LogP contribution in [0.25, 0.3) is 0 Å². The van der Waals surface area contributed by atoms with Crippen LogP contribution in [0.3, 0.4) is 0 Å². The van der Waals surface area contributed by atoms with Crippen molar-refractivity contribution in [1.29, 1.82) is 0 Å². The Morgan fingerprint density at radius 1 is 0.824 bits per heavy atom. The highest BCUT2D eigenvalue weighted by Crippen LogP contribution is 2.39. The second-order valence-electron chi connectivity index (χ2n) is 11.0. The smallest absolute Gasteiger partial charge is 0.143 e. The SMILES string of the molecule is CCCCCCCCCOc1ccc([C@H]2CC[C@H](CC(=O)C3CCC(CC)CC3=O)CC2)cc1. The lowest BCUT2D eigenvalue weighted by Gasteiger charge is -2.30. The second-order valence-corrected chi connectivity index (χ2v) is 11.0. The normalized spacial score (nSPS) is 25.3. The summed E-state index contributed by atoms with van der Waals surface area (Å²) in [6, 6.07) is 8.73. The standard InChI is InChI=1S/C31H48O3/c1-3-5-6-7-8-9-10-21-34-28-18-16-27(17-19-28)26-14-11-25(12-15-26)23-31(33)29-20-13-24(4-2)22-30(29)32/h16-19,24-26,29H,3-15,20-23H2,1-2H3/t24?,25-,26-,29?. The third kappa shape index (κ3) is 8.54. The molecule has 1 aromatic rings. The van der Waals surface area contributed by atoms with Crippen LogP contribution in [0, 0.1) is 17.8 Å². The minimum Gasteiger partial charge on any atom is -0.494 e. The van der Waals surface area contributed by atoms with E-state index in [0.717, 1.165) is 63.7 Å². The highest BCUT2D eigenvalue weighted by Gasteiger charge is 2.34. The summed E-state index contributed by atoms with van der Waals surface area (Å²) in [4.78, 5) is 25.2. The fraction of sp³-hybridized carbons (Fsp3) is 0.742. The summed E-state index contributed by atoms with van der Waals surface area (Å²) < 4.78 is 5.95. The minimum atomic E-state index is -0.297. The molecule has 0 radical (unpaired) electrons. The van der Waals surface area contributed by atoms with Gasteiger partial charge in [-0.3, -0.25) is 9.59 Å². The lowest BCUT2D eigenvalue weighted by Crippen LogP contribution is -2.32. The number of carbonyl (C=O) groups excluding carboxylic acids is 2. The van der Waals surface area contributed by atoms with Crippen LogP contribution in [0.1, 0.15) is 128 Å². The van der Waals surface area contributed by atoms with Crippen LogP contribution in [0.4, 0.5) is 0 Å². The van der Waals surface area contributed by atoms with Crippen LogP contribution in [0.15, 0.2) is 24.3 Å². The van der Waals surface area contributed by atoms with Crippen LogP contribution >= 0.6 is 0 Å². The average Bonchev–Trinajstić information content (AvgIpc) is 2.86. The van der Waals surface area contributed by atoms with Gasteiger partial charge in [-0.05, 0) is 80.4 Å². The predicted octanol–water partition coefficient (Wildman–Crippen LogP) is 8.44. The number of carbonyl (C=O) groups is 2. The molecule has 2 unspecified atom stereocenters. The van der Waals surface area contributed by atoms with E-state index in [-0.39, 0.29) is 17.5 Å². The summed E-state index contributed by atoms with van der Waals surface area (Å²) in [5.41, 5.74) is 1.40. The maximum atomic E-state index is 12.8. The summed E-state index contributed by atoms with van der Waals surface area (Å²) >= 11 is 0. The number of hydrogen-bond acceptors (Lipinski definition) is 3. The first-order valence-corrected chi connectivity index (χ1v) is 14.4. The number of hydrogen-bond donors (Lipinski definition) is 0. The molecule has 2 atom stereocenters. The van der Waals surface area contributed by atoms with E-state index < -0.39 is 0 Å². The Morgan fingerprint density at radius 3 is 2.12 bits per heavy atom. The van der Waals surface area contributed by atoms with Gasteiger partial charge in [-0.15, -0.1) is 0 Å². The van der Waals surface area contributed by atoms with Gasteiger partial charge in [0, 0.05) is 12.8 Å². The molecular weight excluding hydrogens is 420 g/mol. The molecule has 0 bridgehead atoms. The molecule has 0 aromatic heterocycles. The maximum Gasteiger partial charge on any atom is 0.143 e. The molecule has 2 aliphatic carbocycles. The van der Waals surface area contributed by atoms with Crippen molar-refractivity contribution in [3.63, 3.8) is 0 Å². The van der Waals surface area contributed by atoms with E-state index in [1.54, 1.807) is 0 Å². The van der Waals surface area contributed by atoms with Crippen molar-refractivity contribution in [2.45, 2.75) is 122 Å². The zero-order valence-electron chi connectivity index (χ0n) is 21.9. The molecule has 0 amide bonds. The van der Waals surface area contributed by atoms with Gasteiger partial charge in [0.05, 0.1) is 12.5 Å². The van der Waals surface area contributed by atoms with Gasteiger partial charge < -0.3 is 4.74 Å². The molecule has 0 spiro atoms. The molecule has 3 nitrogen and oxygen atoms in total. The first kappa shape index (κ1) is 27.0. The maximum absolute atomic E-state index is 12.8. The van der Waals surface area contributed by atoms with Crippen molar-refractivity contribution in [2.75, 3.05) is 6.61 Å². The predicted molar refractivity (Wildman–Crippen MR) is 140 cm³/mol. The van der Waals surface area contributed by atoms with Gasteiger partial charge in [0.2, 0.25) is 0 Å². The van der Waals surface area contributed by atoms with Gasteiger partial charge in [-0.25, -0.2) is 0 Å². The lowest BCUT2D eigenvalue weighted by molar-refractivity contribution is -0.136. The number of benzene rings is 1. The number of ether oxygens (including phenoxy) is 1. The monoisotopic (exact) mass is 468 g/mol. The molecular formula is C31H48O3. The van der Waals surface area contributed by atoms with E-state index in [4.69, 9.17) is 4.74 Å². The molecule has 0 saturated heterocycles. The highest BCUT2D eigenvalue weighted by atomic mass is 16.5. The number of unbranched alkanes of at least 4 members (excludes halogenated alkanes) is 6. The summed E-state index contributed by atoms with van der Waals surface area (Å²) in [5, 5.41) is 0. The van der Waals surface area contributed by atoms with Crippen molar-refractivity contribution in [3.8, 4) is 5.75 Å². The van der Waals surface area contributed by atoms with Gasteiger partial charge in [0.15, 0.2) is 0 Å². The number of rotatable bonds is 14. The van der Waals surface area contributed by atoms with E-state index >= 15 is 0 Å². The molecule has 3 rings (SSSR count). The van der Waals surface area contributed by atoms with Crippen molar-refractivity contribution in [1.82, 2.24) is 0 Å². The average molecular weight is 469 g/mol. The van der Waals surface area contributed by atoms with Crippen molar-refractivity contribution in [2.24, 2.45) is 17.8 Å². The molecule has 190 valence electrons. The Bertz CT molecular complexity index is 730. The fourth-order valence-electron chi connectivity index (χ4n) is 5.99. The Hall–Kier alpha value is -1.64. The molecule has 0 heterocycles. The molecule has 1 aromatic carbocycles. The first-order valence-electron chi connectivity index (χ1n) is 14.4. The zero-order valence-corrected chi connectivity index (χ0v) is 21.9. The summed E-state index contributed by atoms with van der Waals surface area (Å²) in [6.07, 6.45) is 17.8. The Labute approximate surface area is 208 Å². The van der Waals surface area contributed by atoms with Crippen LogP contribution < -0.4 is 4.74 Å². The lowest BCUT2D eigenvalue weighted by atomic mass is 9.73. The van der Waals surface area contributed by atoms with E-state index in [9.17, 15) is 9.59 Å². The van der Waals surface area contributed by atoms with Crippen LogP contribution in [-0.2, 0) is 9.59 Å². The molecule has 2 fully saturated rings. The summed E-state index contributed by atoms with van der Waals surface area (Å²) in [7, 11) is 0. The van der Waals surface area contributed by atoms with Gasteiger partial charge >= 0.3 is 0 Å². The van der Waals surface area contributed by atoms with Crippen molar-refractivity contribution < 1.29 is 14.3 Å². The molecule has 0 N–H and O–H groups in total. The number of Topliss-reactive ketones (excluding diaryl/α,β-unsaturated/α-hetero) is 2. The Balaban J connectivity index is 1.32. The topological polar surface area (TPSA) is 43.4 Å². The van der Waals surface area contributed by atoms with Crippen LogP contribution in [-0.4, -0.2) is 18.2 Å². The van der Waals surface area contributed by atoms with Crippen molar-refractivity contribution >= 4 is 11.6 Å². The third-order valence-corrected chi connectivity index (χ3v) is 8.41. The Kier molecular flexibility index (Phi) is 11.6. The molecule has 2 saturated carbocycles. The van der Waals surface area contributed by atoms with Crippen molar-refractivity contribution in [3.05, 3.63) is 29.8 Å². The highest BCUT2D eigenvalue weighted by molar-refractivity contribution is 6.02. The summed E-state index contributed by atoms with van der Waals surface area (Å²) in [6.45, 7) is 5.22. The Morgan fingerprint density at radius 2 is 1.47 bits per heavy atom. The van der Waals surface area contributed by atoms with Crippen LogP contribution in [0.5, 0.6) is 5.75 Å². The minimum absolute atomic E-state index is 0.214. The van der Waals surface area contributed by atoms with Gasteiger partial charge in [0.25, 0.3) is 0 Å². The zero-order chi connectivity index (χ0) is 24.2. The van der Waals surface area contributed by atoms with E-state index in [2.05, 4.69) is 38.1 Å². The first-order chi connectivity index (χ1) is 16.6. The fourth-order valence-corrected chi connectivity index (χ4v) is 5.99. The molecule has 3 heteroatoms. The second kappa shape index (κ2) is 14.7. The number of ketones is 2. The van der Waals surface area contributed by atoms with Crippen LogP contribution in [0.2, 0.25) is 0 Å². The van der Waals surface area contributed by atoms with E-state index in [1.807, 2.05) is 0 Å². The molecule has 34 heavy (non-hydrogen) atoms. The van der Waals surface area contributed by atoms with Gasteiger partial charge in [-0.2, -0.15) is 0 Å². The molecule has 0 aliphatic heterocycles. The third-order valence-electron chi connectivity index (χ3n) is 8.41. The van der Waals surface area contributed by atoms with Gasteiger partial charge in [0.1, 0.15) is 17.3 Å². The quantitative estimate of drug-likeness (QED) is 0.203. The van der Waals surface area contributed by atoms with Gasteiger partial charge in [-0.1, -0.05) is 70.9 Å². The largest absolute Gasteiger partial charge is 0.494 e. The molecule has 2 aliphatic rings. The van der Waals surface area contributed by atoms with E-state index in [1.165, 1.54) is 44.1 Å².